The molecule has 1 heterocycles. The van der Waals surface area contributed by atoms with Crippen LogP contribution in [0.25, 0.3) is 5.69 Å². The van der Waals surface area contributed by atoms with Gasteiger partial charge in [-0.05, 0) is 58.2 Å². The zero-order valence-electron chi connectivity index (χ0n) is 17.7. The highest BCUT2D eigenvalue weighted by molar-refractivity contribution is 5.91. The fourth-order valence-electron chi connectivity index (χ4n) is 3.89. The summed E-state index contributed by atoms with van der Waals surface area (Å²) in [6.07, 6.45) is 2.01. The van der Waals surface area contributed by atoms with Crippen molar-refractivity contribution < 1.29 is 9.90 Å². The fourth-order valence-corrected chi connectivity index (χ4v) is 3.89. The fraction of sp³-hybridized carbons (Fsp3) is 0.320. The summed E-state index contributed by atoms with van der Waals surface area (Å²) in [6.45, 7) is 8.64. The van der Waals surface area contributed by atoms with Gasteiger partial charge in [0.1, 0.15) is 0 Å². The summed E-state index contributed by atoms with van der Waals surface area (Å²) in [5.41, 5.74) is 6.53. The Balaban J connectivity index is 1.78. The highest BCUT2D eigenvalue weighted by Gasteiger charge is 2.23. The molecule has 4 heteroatoms. The van der Waals surface area contributed by atoms with Crippen LogP contribution < -0.4 is 5.32 Å². The molecule has 3 aromatic rings. The second-order valence-electron chi connectivity index (χ2n) is 7.81. The molecule has 0 spiro atoms. The lowest BCUT2D eigenvalue weighted by atomic mass is 10.1. The van der Waals surface area contributed by atoms with Gasteiger partial charge in [0, 0.05) is 35.2 Å². The molecule has 0 saturated carbocycles. The van der Waals surface area contributed by atoms with Crippen LogP contribution in [0.3, 0.4) is 0 Å². The largest absolute Gasteiger partial charge is 0.478 e. The minimum absolute atomic E-state index is 0.291. The predicted octanol–water partition coefficient (Wildman–Crippen LogP) is 5.21. The number of aryl methyl sites for hydroxylation is 2. The van der Waals surface area contributed by atoms with Crippen LogP contribution >= 0.6 is 0 Å². The lowest BCUT2D eigenvalue weighted by molar-refractivity contribution is 0.0694. The van der Waals surface area contributed by atoms with Crippen molar-refractivity contribution in [2.24, 2.45) is 0 Å². The lowest BCUT2D eigenvalue weighted by Gasteiger charge is -2.15. The number of hydrogen-bond donors (Lipinski definition) is 2. The summed E-state index contributed by atoms with van der Waals surface area (Å²) in [7, 11) is 0. The number of nitrogens with one attached hydrogen (secondary N) is 1. The van der Waals surface area contributed by atoms with E-state index in [1.165, 1.54) is 11.1 Å². The van der Waals surface area contributed by atoms with Crippen molar-refractivity contribution in [3.8, 4) is 5.69 Å². The number of carbonyl (C=O) groups is 1. The molecule has 152 valence electrons. The van der Waals surface area contributed by atoms with Crippen LogP contribution in [0, 0.1) is 20.8 Å². The molecular formula is C25H30N2O2. The highest BCUT2D eigenvalue weighted by Crippen LogP contribution is 2.27. The van der Waals surface area contributed by atoms with Gasteiger partial charge in [0.15, 0.2) is 0 Å². The van der Waals surface area contributed by atoms with Gasteiger partial charge in [-0.15, -0.1) is 0 Å². The van der Waals surface area contributed by atoms with Crippen molar-refractivity contribution in [2.45, 2.75) is 53.1 Å². The Labute approximate surface area is 173 Å². The molecule has 4 nitrogen and oxygen atoms in total. The SMILES string of the molecule is Cc1ccc(-n2c(C)c(CN[C@H](C)CCc3ccccc3)c(C(=O)O)c2C)cc1. The Bertz CT molecular complexity index is 972. The molecule has 0 aliphatic rings. The summed E-state index contributed by atoms with van der Waals surface area (Å²) in [5, 5.41) is 13.4. The number of aromatic nitrogens is 1. The number of aromatic carboxylic acids is 1. The monoisotopic (exact) mass is 390 g/mol. The molecule has 1 aromatic heterocycles. The molecule has 0 radical (unpaired) electrons. The molecule has 0 saturated heterocycles. The van der Waals surface area contributed by atoms with Crippen LogP contribution in [0.4, 0.5) is 0 Å². The van der Waals surface area contributed by atoms with Gasteiger partial charge in [0.2, 0.25) is 0 Å². The molecule has 3 rings (SSSR count). The molecule has 2 aromatic carbocycles. The van der Waals surface area contributed by atoms with E-state index in [1.54, 1.807) is 0 Å². The van der Waals surface area contributed by atoms with Crippen molar-refractivity contribution in [3.63, 3.8) is 0 Å². The smallest absolute Gasteiger partial charge is 0.337 e. The van der Waals surface area contributed by atoms with E-state index in [1.807, 2.05) is 39.0 Å². The van der Waals surface area contributed by atoms with E-state index in [0.717, 1.165) is 35.5 Å². The first kappa shape index (κ1) is 20.9. The first-order valence-electron chi connectivity index (χ1n) is 10.2. The summed E-state index contributed by atoms with van der Waals surface area (Å²) >= 11 is 0. The molecule has 0 bridgehead atoms. The normalized spacial score (nSPS) is 12.1. The maximum absolute atomic E-state index is 12.0. The summed E-state index contributed by atoms with van der Waals surface area (Å²) in [6, 6.07) is 18.9. The van der Waals surface area contributed by atoms with E-state index >= 15 is 0 Å². The quantitative estimate of drug-likeness (QED) is 0.555. The molecule has 0 amide bonds. The predicted molar refractivity (Wildman–Crippen MR) is 118 cm³/mol. The van der Waals surface area contributed by atoms with Crippen LogP contribution in [0.15, 0.2) is 54.6 Å². The second-order valence-corrected chi connectivity index (χ2v) is 7.81. The number of rotatable bonds is 8. The maximum Gasteiger partial charge on any atom is 0.337 e. The van der Waals surface area contributed by atoms with Crippen molar-refractivity contribution in [1.82, 2.24) is 9.88 Å². The second kappa shape index (κ2) is 9.10. The van der Waals surface area contributed by atoms with E-state index in [9.17, 15) is 9.90 Å². The summed E-state index contributed by atoms with van der Waals surface area (Å²) in [4.78, 5) is 12.0. The first-order chi connectivity index (χ1) is 13.9. The van der Waals surface area contributed by atoms with Crippen molar-refractivity contribution in [2.75, 3.05) is 0 Å². The van der Waals surface area contributed by atoms with E-state index in [2.05, 4.69) is 53.2 Å². The Morgan fingerprint density at radius 3 is 2.28 bits per heavy atom. The van der Waals surface area contributed by atoms with E-state index in [-0.39, 0.29) is 0 Å². The molecular weight excluding hydrogens is 360 g/mol. The Morgan fingerprint density at radius 1 is 1.00 bits per heavy atom. The molecule has 0 unspecified atom stereocenters. The van der Waals surface area contributed by atoms with Gasteiger partial charge in [-0.25, -0.2) is 4.79 Å². The molecule has 0 aliphatic heterocycles. The van der Waals surface area contributed by atoms with Gasteiger partial charge in [-0.1, -0.05) is 48.0 Å². The van der Waals surface area contributed by atoms with Gasteiger partial charge >= 0.3 is 5.97 Å². The van der Waals surface area contributed by atoms with Gasteiger partial charge in [0.25, 0.3) is 0 Å². The average Bonchev–Trinajstić information content (AvgIpc) is 2.96. The number of carboxylic acid groups (broad SMARTS) is 1. The Morgan fingerprint density at radius 2 is 1.66 bits per heavy atom. The van der Waals surface area contributed by atoms with E-state index in [4.69, 9.17) is 0 Å². The lowest BCUT2D eigenvalue weighted by Crippen LogP contribution is -2.27. The van der Waals surface area contributed by atoms with Gasteiger partial charge in [0.05, 0.1) is 5.56 Å². The highest BCUT2D eigenvalue weighted by atomic mass is 16.4. The summed E-state index contributed by atoms with van der Waals surface area (Å²) in [5.74, 6) is -0.870. The Hall–Kier alpha value is -2.85. The van der Waals surface area contributed by atoms with Crippen molar-refractivity contribution in [1.29, 1.82) is 0 Å². The van der Waals surface area contributed by atoms with Gasteiger partial charge in [-0.3, -0.25) is 0 Å². The van der Waals surface area contributed by atoms with Crippen molar-refractivity contribution in [3.05, 3.63) is 88.2 Å². The molecule has 29 heavy (non-hydrogen) atoms. The number of benzene rings is 2. The standard InChI is InChI=1S/C25H30N2O2/c1-17-10-14-22(15-11-17)27-19(3)23(24(20(27)4)25(28)29)16-26-18(2)12-13-21-8-6-5-7-9-21/h5-11,14-15,18,26H,12-13,16H2,1-4H3,(H,28,29)/t18-/m1/s1. The number of nitrogens with zero attached hydrogens (tertiary/aromatic N) is 1. The minimum Gasteiger partial charge on any atom is -0.478 e. The summed E-state index contributed by atoms with van der Waals surface area (Å²) < 4.78 is 2.05. The third kappa shape index (κ3) is 4.77. The third-order valence-corrected chi connectivity index (χ3v) is 5.61. The van der Waals surface area contributed by atoms with Gasteiger partial charge < -0.3 is 15.0 Å². The zero-order valence-corrected chi connectivity index (χ0v) is 17.7. The van der Waals surface area contributed by atoms with Crippen LogP contribution in [-0.4, -0.2) is 21.7 Å². The average molecular weight is 391 g/mol. The van der Waals surface area contributed by atoms with Crippen LogP contribution in [0.2, 0.25) is 0 Å². The van der Waals surface area contributed by atoms with Crippen LogP contribution in [0.1, 0.15) is 51.8 Å². The number of hydrogen-bond acceptors (Lipinski definition) is 2. The van der Waals surface area contributed by atoms with E-state index in [0.29, 0.717) is 18.2 Å². The van der Waals surface area contributed by atoms with Gasteiger partial charge in [-0.2, -0.15) is 0 Å². The number of carboxylic acids is 1. The van der Waals surface area contributed by atoms with Crippen LogP contribution in [0.5, 0.6) is 0 Å². The molecule has 0 aliphatic carbocycles. The topological polar surface area (TPSA) is 54.3 Å². The third-order valence-electron chi connectivity index (χ3n) is 5.61. The first-order valence-corrected chi connectivity index (χ1v) is 10.2. The van der Waals surface area contributed by atoms with Crippen molar-refractivity contribution >= 4 is 5.97 Å². The minimum atomic E-state index is -0.870. The van der Waals surface area contributed by atoms with Crippen LogP contribution in [-0.2, 0) is 13.0 Å². The van der Waals surface area contributed by atoms with E-state index < -0.39 is 5.97 Å². The molecule has 1 atom stereocenters. The molecule has 0 fully saturated rings. The Kier molecular flexibility index (Phi) is 6.55. The maximum atomic E-state index is 12.0. The zero-order chi connectivity index (χ0) is 21.0. The molecule has 2 N–H and O–H groups in total.